The Hall–Kier alpha value is -1.69. The molecule has 1 fully saturated rings. The Bertz CT molecular complexity index is 690. The third-order valence-electron chi connectivity index (χ3n) is 4.49. The normalized spacial score (nSPS) is 15.3. The largest absolute Gasteiger partial charge is 0.396 e. The number of anilines is 1. The highest BCUT2D eigenvalue weighted by molar-refractivity contribution is 6.33. The Morgan fingerprint density at radius 3 is 2.84 bits per heavy atom. The van der Waals surface area contributed by atoms with Gasteiger partial charge in [0.25, 0.3) is 0 Å². The van der Waals surface area contributed by atoms with Gasteiger partial charge in [-0.05, 0) is 43.7 Å². The first kappa shape index (κ1) is 18.1. The molecule has 6 heteroatoms. The summed E-state index contributed by atoms with van der Waals surface area (Å²) in [6.45, 7) is 2.80. The number of nitrogens with one attached hydrogen (secondary N) is 1. The standard InChI is InChI=1S/C19H24ClN3O2/c20-19-13-23-16(2-1-5-24)9-18(19)15-8-17(12-21-11-15)22-10-14-3-6-25-7-4-14/h8-9,11-14,22,24H,1-7,10H2. The van der Waals surface area contributed by atoms with Crippen LogP contribution >= 0.6 is 11.6 Å². The van der Waals surface area contributed by atoms with E-state index in [0.29, 0.717) is 17.4 Å². The van der Waals surface area contributed by atoms with Crippen LogP contribution in [0.15, 0.2) is 30.7 Å². The van der Waals surface area contributed by atoms with E-state index in [4.69, 9.17) is 21.4 Å². The Labute approximate surface area is 153 Å². The summed E-state index contributed by atoms with van der Waals surface area (Å²) in [7, 11) is 0. The summed E-state index contributed by atoms with van der Waals surface area (Å²) in [6.07, 6.45) is 8.96. The van der Waals surface area contributed by atoms with Crippen molar-refractivity contribution in [2.24, 2.45) is 5.92 Å². The molecule has 0 bridgehead atoms. The van der Waals surface area contributed by atoms with E-state index < -0.39 is 0 Å². The van der Waals surface area contributed by atoms with Crippen LogP contribution in [0.25, 0.3) is 11.1 Å². The lowest BCUT2D eigenvalue weighted by molar-refractivity contribution is 0.0699. The zero-order chi connectivity index (χ0) is 17.5. The van der Waals surface area contributed by atoms with Crippen molar-refractivity contribution < 1.29 is 9.84 Å². The van der Waals surface area contributed by atoms with Gasteiger partial charge in [-0.3, -0.25) is 9.97 Å². The first-order valence-corrected chi connectivity index (χ1v) is 9.16. The Balaban J connectivity index is 1.72. The van der Waals surface area contributed by atoms with Gasteiger partial charge in [-0.2, -0.15) is 0 Å². The minimum atomic E-state index is 0.160. The highest BCUT2D eigenvalue weighted by Crippen LogP contribution is 2.29. The molecule has 2 aromatic rings. The van der Waals surface area contributed by atoms with E-state index in [0.717, 1.165) is 61.5 Å². The summed E-state index contributed by atoms with van der Waals surface area (Å²) in [6, 6.07) is 4.06. The van der Waals surface area contributed by atoms with Gasteiger partial charge in [0.1, 0.15) is 0 Å². The van der Waals surface area contributed by atoms with Crippen molar-refractivity contribution in [2.45, 2.75) is 25.7 Å². The van der Waals surface area contributed by atoms with E-state index in [1.165, 1.54) is 0 Å². The second kappa shape index (κ2) is 9.13. The summed E-state index contributed by atoms with van der Waals surface area (Å²) >= 11 is 6.34. The van der Waals surface area contributed by atoms with Crippen LogP contribution in [0, 0.1) is 5.92 Å². The molecule has 3 rings (SSSR count). The number of nitrogens with zero attached hydrogens (tertiary/aromatic N) is 2. The smallest absolute Gasteiger partial charge is 0.0668 e. The van der Waals surface area contributed by atoms with Crippen molar-refractivity contribution in [1.29, 1.82) is 0 Å². The molecule has 0 aliphatic carbocycles. The van der Waals surface area contributed by atoms with Crippen LogP contribution in [0.3, 0.4) is 0 Å². The predicted octanol–water partition coefficient (Wildman–Crippen LogP) is 3.56. The van der Waals surface area contributed by atoms with Crippen LogP contribution in [0.5, 0.6) is 0 Å². The van der Waals surface area contributed by atoms with Crippen LogP contribution in [0.1, 0.15) is 25.0 Å². The van der Waals surface area contributed by atoms with Crippen molar-refractivity contribution in [3.8, 4) is 11.1 Å². The van der Waals surface area contributed by atoms with Crippen LogP contribution in [0.2, 0.25) is 5.02 Å². The molecular weight excluding hydrogens is 338 g/mol. The maximum atomic E-state index is 8.99. The number of aromatic nitrogens is 2. The monoisotopic (exact) mass is 361 g/mol. The summed E-state index contributed by atoms with van der Waals surface area (Å²) < 4.78 is 5.40. The van der Waals surface area contributed by atoms with Crippen LogP contribution in [-0.4, -0.2) is 41.4 Å². The maximum absolute atomic E-state index is 8.99. The van der Waals surface area contributed by atoms with E-state index in [2.05, 4.69) is 21.4 Å². The van der Waals surface area contributed by atoms with Gasteiger partial charge in [0, 0.05) is 61.8 Å². The lowest BCUT2D eigenvalue weighted by atomic mass is 10.0. The zero-order valence-corrected chi connectivity index (χ0v) is 15.0. The van der Waals surface area contributed by atoms with E-state index in [1.54, 1.807) is 6.20 Å². The molecule has 134 valence electrons. The molecule has 2 aromatic heterocycles. The first-order valence-electron chi connectivity index (χ1n) is 8.78. The molecule has 0 saturated carbocycles. The van der Waals surface area contributed by atoms with Gasteiger partial charge in [0.05, 0.1) is 10.7 Å². The molecule has 0 aromatic carbocycles. The Kier molecular flexibility index (Phi) is 6.62. The van der Waals surface area contributed by atoms with Crippen molar-refractivity contribution in [3.63, 3.8) is 0 Å². The van der Waals surface area contributed by atoms with E-state index in [1.807, 2.05) is 18.5 Å². The van der Waals surface area contributed by atoms with Crippen molar-refractivity contribution in [3.05, 3.63) is 41.4 Å². The number of pyridine rings is 2. The fourth-order valence-electron chi connectivity index (χ4n) is 3.00. The molecular formula is C19H24ClN3O2. The molecule has 0 radical (unpaired) electrons. The minimum absolute atomic E-state index is 0.160. The maximum Gasteiger partial charge on any atom is 0.0668 e. The predicted molar refractivity (Wildman–Crippen MR) is 99.9 cm³/mol. The molecule has 0 atom stereocenters. The van der Waals surface area contributed by atoms with Crippen LogP contribution < -0.4 is 5.32 Å². The number of aliphatic hydroxyl groups is 1. The molecule has 1 saturated heterocycles. The number of aliphatic hydroxyl groups excluding tert-OH is 1. The molecule has 25 heavy (non-hydrogen) atoms. The average Bonchev–Trinajstić information content (AvgIpc) is 2.67. The quantitative estimate of drug-likeness (QED) is 0.789. The van der Waals surface area contributed by atoms with E-state index >= 15 is 0 Å². The number of aryl methyl sites for hydroxylation is 1. The molecule has 2 N–H and O–H groups in total. The third kappa shape index (κ3) is 5.14. The lowest BCUT2D eigenvalue weighted by Crippen LogP contribution is -2.22. The van der Waals surface area contributed by atoms with Gasteiger partial charge in [-0.25, -0.2) is 0 Å². The highest BCUT2D eigenvalue weighted by atomic mass is 35.5. The van der Waals surface area contributed by atoms with E-state index in [-0.39, 0.29) is 6.61 Å². The lowest BCUT2D eigenvalue weighted by Gasteiger charge is -2.22. The summed E-state index contributed by atoms with van der Waals surface area (Å²) in [5.74, 6) is 0.645. The zero-order valence-electron chi connectivity index (χ0n) is 14.2. The number of rotatable bonds is 7. The number of hydrogen-bond acceptors (Lipinski definition) is 5. The summed E-state index contributed by atoms with van der Waals surface area (Å²) in [5.41, 5.74) is 3.81. The summed E-state index contributed by atoms with van der Waals surface area (Å²) in [5, 5.41) is 13.1. The molecule has 3 heterocycles. The van der Waals surface area contributed by atoms with Gasteiger partial charge in [0.2, 0.25) is 0 Å². The van der Waals surface area contributed by atoms with Gasteiger partial charge < -0.3 is 15.2 Å². The molecule has 5 nitrogen and oxygen atoms in total. The van der Waals surface area contributed by atoms with Gasteiger partial charge in [-0.1, -0.05) is 11.6 Å². The molecule has 0 spiro atoms. The Morgan fingerprint density at radius 1 is 1.20 bits per heavy atom. The van der Waals surface area contributed by atoms with Crippen LogP contribution in [-0.2, 0) is 11.2 Å². The van der Waals surface area contributed by atoms with Gasteiger partial charge >= 0.3 is 0 Å². The number of halogens is 1. The number of hydrogen-bond donors (Lipinski definition) is 2. The second-order valence-electron chi connectivity index (χ2n) is 6.38. The highest BCUT2D eigenvalue weighted by Gasteiger charge is 2.14. The summed E-state index contributed by atoms with van der Waals surface area (Å²) in [4.78, 5) is 8.68. The fraction of sp³-hybridized carbons (Fsp3) is 0.474. The topological polar surface area (TPSA) is 67.3 Å². The van der Waals surface area contributed by atoms with Gasteiger partial charge in [0.15, 0.2) is 0 Å². The second-order valence-corrected chi connectivity index (χ2v) is 6.79. The molecule has 1 aliphatic heterocycles. The molecule has 1 aliphatic rings. The van der Waals surface area contributed by atoms with Gasteiger partial charge in [-0.15, -0.1) is 0 Å². The minimum Gasteiger partial charge on any atom is -0.396 e. The van der Waals surface area contributed by atoms with Crippen LogP contribution in [0.4, 0.5) is 5.69 Å². The van der Waals surface area contributed by atoms with Crippen molar-refractivity contribution in [2.75, 3.05) is 31.7 Å². The van der Waals surface area contributed by atoms with Crippen molar-refractivity contribution in [1.82, 2.24) is 9.97 Å². The number of ether oxygens (including phenoxy) is 1. The first-order chi connectivity index (χ1) is 12.3. The van der Waals surface area contributed by atoms with Crippen molar-refractivity contribution >= 4 is 17.3 Å². The van der Waals surface area contributed by atoms with E-state index in [9.17, 15) is 0 Å². The SMILES string of the molecule is OCCCc1cc(-c2cncc(NCC3CCOCC3)c2)c(Cl)cn1. The molecule has 0 amide bonds. The third-order valence-corrected chi connectivity index (χ3v) is 4.79. The molecule has 0 unspecified atom stereocenters. The average molecular weight is 362 g/mol. The Morgan fingerprint density at radius 2 is 2.04 bits per heavy atom. The fourth-order valence-corrected chi connectivity index (χ4v) is 3.21.